The Morgan fingerprint density at radius 2 is 2.20 bits per heavy atom. The summed E-state index contributed by atoms with van der Waals surface area (Å²) in [5, 5.41) is 12.7. The van der Waals surface area contributed by atoms with Crippen molar-refractivity contribution in [2.24, 2.45) is 5.73 Å². The summed E-state index contributed by atoms with van der Waals surface area (Å²) in [7, 11) is 0. The third kappa shape index (κ3) is 3.87. The Kier molecular flexibility index (Phi) is 5.83. The minimum atomic E-state index is -1.48. The molecule has 0 aliphatic rings. The van der Waals surface area contributed by atoms with Crippen molar-refractivity contribution in [1.29, 1.82) is 0 Å². The summed E-state index contributed by atoms with van der Waals surface area (Å²) >= 11 is 1.47. The van der Waals surface area contributed by atoms with Crippen LogP contribution < -0.4 is 11.1 Å². The minimum Gasteiger partial charge on any atom is -0.320 e. The average molecular weight is 305 g/mol. The monoisotopic (exact) mass is 305 g/mol. The van der Waals surface area contributed by atoms with E-state index in [9.17, 15) is 23.7 Å². The third-order valence-corrected chi connectivity index (χ3v) is 3.13. The van der Waals surface area contributed by atoms with Crippen molar-refractivity contribution in [2.75, 3.05) is 17.3 Å². The largest absolute Gasteiger partial charge is 0.320 e. The molecule has 1 amide bonds. The first-order chi connectivity index (χ1) is 9.38. The van der Waals surface area contributed by atoms with Crippen LogP contribution in [-0.2, 0) is 4.79 Å². The van der Waals surface area contributed by atoms with Gasteiger partial charge in [-0.1, -0.05) is 0 Å². The number of rotatable bonds is 6. The number of amides is 1. The maximum Gasteiger partial charge on any atom is 0.296 e. The second kappa shape index (κ2) is 7.15. The Hall–Kier alpha value is -1.74. The molecule has 1 atom stereocenters. The topological polar surface area (TPSA) is 98.3 Å². The van der Waals surface area contributed by atoms with E-state index in [1.165, 1.54) is 11.8 Å². The summed E-state index contributed by atoms with van der Waals surface area (Å²) < 4.78 is 26.7. The number of hydrogen-bond donors (Lipinski definition) is 2. The summed E-state index contributed by atoms with van der Waals surface area (Å²) in [5.41, 5.74) is 4.02. The number of nitrogens with zero attached hydrogens (tertiary/aromatic N) is 1. The zero-order valence-electron chi connectivity index (χ0n) is 10.6. The fraction of sp³-hybridized carbons (Fsp3) is 0.364. The highest BCUT2D eigenvalue weighted by Gasteiger charge is 2.25. The van der Waals surface area contributed by atoms with E-state index in [0.717, 1.165) is 6.07 Å². The lowest BCUT2D eigenvalue weighted by atomic mass is 10.2. The van der Waals surface area contributed by atoms with Crippen molar-refractivity contribution in [3.8, 4) is 0 Å². The van der Waals surface area contributed by atoms with E-state index < -0.39 is 39.9 Å². The van der Waals surface area contributed by atoms with Crippen molar-refractivity contribution in [3.05, 3.63) is 33.9 Å². The lowest BCUT2D eigenvalue weighted by Gasteiger charge is -2.12. The van der Waals surface area contributed by atoms with Gasteiger partial charge in [0.05, 0.1) is 11.0 Å². The fourth-order valence-electron chi connectivity index (χ4n) is 1.40. The van der Waals surface area contributed by atoms with Gasteiger partial charge in [0.2, 0.25) is 5.91 Å². The number of anilines is 1. The summed E-state index contributed by atoms with van der Waals surface area (Å²) in [5.74, 6) is -2.97. The van der Waals surface area contributed by atoms with Gasteiger partial charge in [-0.3, -0.25) is 14.9 Å². The molecule has 0 saturated heterocycles. The molecule has 9 heteroatoms. The first-order valence-corrected chi connectivity index (χ1v) is 6.95. The molecule has 6 nitrogen and oxygen atoms in total. The van der Waals surface area contributed by atoms with Gasteiger partial charge < -0.3 is 11.1 Å². The molecule has 20 heavy (non-hydrogen) atoms. The van der Waals surface area contributed by atoms with Crippen molar-refractivity contribution < 1.29 is 18.5 Å². The van der Waals surface area contributed by atoms with E-state index in [1.54, 1.807) is 0 Å². The average Bonchev–Trinajstić information content (AvgIpc) is 2.40. The van der Waals surface area contributed by atoms with Crippen molar-refractivity contribution >= 4 is 29.0 Å². The summed E-state index contributed by atoms with van der Waals surface area (Å²) in [6.45, 7) is 0. The number of halogens is 2. The number of hydrogen-bond acceptors (Lipinski definition) is 5. The molecule has 1 aromatic carbocycles. The smallest absolute Gasteiger partial charge is 0.296 e. The Balaban J connectivity index is 2.99. The molecule has 0 radical (unpaired) electrons. The number of nitrogens with one attached hydrogen (secondary N) is 1. The van der Waals surface area contributed by atoms with Crippen LogP contribution >= 0.6 is 11.8 Å². The van der Waals surface area contributed by atoms with Crippen molar-refractivity contribution in [2.45, 2.75) is 12.5 Å². The van der Waals surface area contributed by atoms with Gasteiger partial charge in [0.25, 0.3) is 5.69 Å². The molecule has 0 aromatic heterocycles. The van der Waals surface area contributed by atoms with Gasteiger partial charge in [-0.25, -0.2) is 8.78 Å². The van der Waals surface area contributed by atoms with Crippen LogP contribution in [0.3, 0.4) is 0 Å². The van der Waals surface area contributed by atoms with Crippen molar-refractivity contribution in [1.82, 2.24) is 0 Å². The van der Waals surface area contributed by atoms with Crippen molar-refractivity contribution in [3.63, 3.8) is 0 Å². The number of carbonyl (C=O) groups excluding carboxylic acids is 1. The molecule has 0 bridgehead atoms. The molecule has 0 fully saturated rings. The van der Waals surface area contributed by atoms with E-state index in [2.05, 4.69) is 0 Å². The maximum atomic E-state index is 13.6. The zero-order valence-corrected chi connectivity index (χ0v) is 11.4. The van der Waals surface area contributed by atoms with Crippen LogP contribution in [0.15, 0.2) is 12.1 Å². The molecule has 0 aliphatic heterocycles. The van der Waals surface area contributed by atoms with Gasteiger partial charge in [-0.05, 0) is 24.5 Å². The van der Waals surface area contributed by atoms with E-state index in [0.29, 0.717) is 18.2 Å². The van der Waals surface area contributed by atoms with Gasteiger partial charge >= 0.3 is 0 Å². The predicted molar refractivity (Wildman–Crippen MR) is 72.6 cm³/mol. The highest BCUT2D eigenvalue weighted by Crippen LogP contribution is 2.29. The standard InChI is InChI=1S/C11H13F2N3O3S/c1-20-5-4-7(14)11(17)15-10-8(16(18)19)3-2-6(12)9(10)13/h2-3,7H,4-5,14H2,1H3,(H,15,17)/t7-/m0/s1. The molecule has 0 aliphatic carbocycles. The molecule has 3 N–H and O–H groups in total. The molecule has 0 saturated carbocycles. The van der Waals surface area contributed by atoms with Crippen LogP contribution in [0.2, 0.25) is 0 Å². The lowest BCUT2D eigenvalue weighted by Crippen LogP contribution is -2.36. The Bertz CT molecular complexity index is 528. The van der Waals surface area contributed by atoms with Gasteiger partial charge in [0.15, 0.2) is 17.3 Å². The Labute approximate surface area is 117 Å². The molecular weight excluding hydrogens is 292 g/mol. The molecule has 0 heterocycles. The van der Waals surface area contributed by atoms with Gasteiger partial charge in [-0.15, -0.1) is 0 Å². The first-order valence-electron chi connectivity index (χ1n) is 5.56. The highest BCUT2D eigenvalue weighted by molar-refractivity contribution is 7.98. The Morgan fingerprint density at radius 1 is 1.55 bits per heavy atom. The molecule has 0 spiro atoms. The summed E-state index contributed by atoms with van der Waals surface area (Å²) in [6, 6.07) is 0.447. The van der Waals surface area contributed by atoms with Crippen LogP contribution in [-0.4, -0.2) is 28.9 Å². The number of nitro benzene ring substituents is 1. The third-order valence-electron chi connectivity index (χ3n) is 2.49. The number of carbonyl (C=O) groups is 1. The van der Waals surface area contributed by atoms with E-state index in [-0.39, 0.29) is 0 Å². The minimum absolute atomic E-state index is 0.317. The fourth-order valence-corrected chi connectivity index (χ4v) is 1.89. The highest BCUT2D eigenvalue weighted by atomic mass is 32.2. The Morgan fingerprint density at radius 3 is 2.75 bits per heavy atom. The van der Waals surface area contributed by atoms with Gasteiger partial charge in [0.1, 0.15) is 0 Å². The molecule has 1 aromatic rings. The maximum absolute atomic E-state index is 13.6. The molecule has 0 unspecified atom stereocenters. The quantitative estimate of drug-likeness (QED) is 0.618. The van der Waals surface area contributed by atoms with Crippen LogP contribution in [0.4, 0.5) is 20.2 Å². The SMILES string of the molecule is CSCC[C@H](N)C(=O)Nc1c([N+](=O)[O-])ccc(F)c1F. The number of benzene rings is 1. The van der Waals surface area contributed by atoms with Gasteiger partial charge in [0, 0.05) is 6.07 Å². The predicted octanol–water partition coefficient (Wildman–Crippen LogP) is 1.89. The number of thioether (sulfide) groups is 1. The van der Waals surface area contributed by atoms with E-state index >= 15 is 0 Å². The zero-order chi connectivity index (χ0) is 15.3. The van der Waals surface area contributed by atoms with Gasteiger partial charge in [-0.2, -0.15) is 11.8 Å². The van der Waals surface area contributed by atoms with Crippen LogP contribution in [0.25, 0.3) is 0 Å². The second-order valence-electron chi connectivity index (χ2n) is 3.89. The molecule has 110 valence electrons. The van der Waals surface area contributed by atoms with Crippen LogP contribution in [0.5, 0.6) is 0 Å². The summed E-state index contributed by atoms with van der Waals surface area (Å²) in [4.78, 5) is 21.5. The summed E-state index contributed by atoms with van der Waals surface area (Å²) in [6.07, 6.45) is 2.14. The first kappa shape index (κ1) is 16.3. The van der Waals surface area contributed by atoms with Crippen LogP contribution in [0.1, 0.15) is 6.42 Å². The lowest BCUT2D eigenvalue weighted by molar-refractivity contribution is -0.384. The number of nitrogens with two attached hydrogens (primary N) is 1. The normalized spacial score (nSPS) is 12.0. The number of nitro groups is 1. The second-order valence-corrected chi connectivity index (χ2v) is 4.88. The molecular formula is C11H13F2N3O3S. The van der Waals surface area contributed by atoms with Crippen LogP contribution in [0, 0.1) is 21.7 Å². The van der Waals surface area contributed by atoms with E-state index in [4.69, 9.17) is 5.73 Å². The van der Waals surface area contributed by atoms with E-state index in [1.807, 2.05) is 11.6 Å². The molecule has 1 rings (SSSR count).